The van der Waals surface area contributed by atoms with E-state index in [1.807, 2.05) is 0 Å². The highest BCUT2D eigenvalue weighted by atomic mass is 32.1. The Bertz CT molecular complexity index is 3170. The summed E-state index contributed by atoms with van der Waals surface area (Å²) in [4.78, 5) is 10.2. The molecule has 0 bridgehead atoms. The molecule has 0 aliphatic heterocycles. The first kappa shape index (κ1) is 35.6. The van der Waals surface area contributed by atoms with Crippen LogP contribution in [0.15, 0.2) is 205 Å². The molecule has 0 saturated heterocycles. The van der Waals surface area contributed by atoms with E-state index in [1.54, 1.807) is 22.7 Å². The van der Waals surface area contributed by atoms with Gasteiger partial charge in [0, 0.05) is 20.2 Å². The molecular formula is C52H35N3OPS2+. The van der Waals surface area contributed by atoms with Gasteiger partial charge in [-0.2, -0.15) is 0 Å². The molecule has 11 aromatic rings. The van der Waals surface area contributed by atoms with Crippen molar-refractivity contribution in [3.05, 3.63) is 206 Å². The van der Waals surface area contributed by atoms with Gasteiger partial charge in [0.15, 0.2) is 5.52 Å². The third kappa shape index (κ3) is 6.37. The van der Waals surface area contributed by atoms with Crippen LogP contribution in [-0.2, 0) is 6.16 Å². The molecule has 0 aliphatic rings. The van der Waals surface area contributed by atoms with Gasteiger partial charge in [-0.05, 0) is 116 Å². The molecular weight excluding hydrogens is 778 g/mol. The van der Waals surface area contributed by atoms with Crippen molar-refractivity contribution in [3.8, 4) is 41.9 Å². The highest BCUT2D eigenvalue weighted by Gasteiger charge is 2.47. The Hall–Kier alpha value is -6.56. The summed E-state index contributed by atoms with van der Waals surface area (Å²) in [7, 11) is -2.37. The Kier molecular flexibility index (Phi) is 9.04. The normalized spacial score (nSPS) is 11.8. The van der Waals surface area contributed by atoms with Crippen molar-refractivity contribution in [3.63, 3.8) is 0 Å². The van der Waals surface area contributed by atoms with Crippen molar-refractivity contribution in [1.82, 2.24) is 15.3 Å². The molecule has 0 atom stereocenters. The number of aromatic nitrogens is 3. The molecule has 0 saturated carbocycles. The number of nitrogens with zero attached hydrogens (tertiary/aromatic N) is 3. The van der Waals surface area contributed by atoms with Crippen LogP contribution in [0, 0.1) is 0 Å². The lowest BCUT2D eigenvalue weighted by Crippen LogP contribution is -2.32. The highest BCUT2D eigenvalue weighted by Crippen LogP contribution is 2.59. The predicted molar refractivity (Wildman–Crippen MR) is 251 cm³/mol. The zero-order valence-electron chi connectivity index (χ0n) is 31.8. The molecule has 0 fully saturated rings. The van der Waals surface area contributed by atoms with Crippen molar-refractivity contribution in [1.29, 1.82) is 0 Å². The smallest absolute Gasteiger partial charge is 0.163 e. The molecule has 0 radical (unpaired) electrons. The minimum atomic E-state index is -2.37. The molecule has 0 spiro atoms. The Morgan fingerprint density at radius 3 is 1.39 bits per heavy atom. The number of fused-ring (bicyclic) bond motifs is 3. The number of hydrogen-bond donors (Lipinski definition) is 0. The van der Waals surface area contributed by atoms with Crippen LogP contribution in [0.1, 0.15) is 5.69 Å². The van der Waals surface area contributed by atoms with Gasteiger partial charge in [-0.15, -0.1) is 22.7 Å². The average molecular weight is 813 g/mol. The lowest BCUT2D eigenvalue weighted by atomic mass is 10.1. The van der Waals surface area contributed by atoms with Crippen LogP contribution in [-0.4, -0.2) is 15.3 Å². The molecule has 11 rings (SSSR count). The SMILES string of the molecule is c1ccc([P+](Cc2nc(-c3ccc(-c4ccc5ccccc5c4)s3)c3nonc3c2-c2ccc(-c3ccc4ccccc4c3)s2)(c2ccccc2)c2ccccc2)cc1. The Balaban J connectivity index is 1.14. The Morgan fingerprint density at radius 1 is 0.407 bits per heavy atom. The van der Waals surface area contributed by atoms with Gasteiger partial charge in [0.25, 0.3) is 0 Å². The van der Waals surface area contributed by atoms with E-state index >= 15 is 0 Å². The van der Waals surface area contributed by atoms with Crippen LogP contribution >= 0.6 is 29.9 Å². The van der Waals surface area contributed by atoms with Crippen molar-refractivity contribution in [2.45, 2.75) is 6.16 Å². The summed E-state index contributed by atoms with van der Waals surface area (Å²) in [6.07, 6.45) is 0.669. The molecule has 7 aromatic carbocycles. The fourth-order valence-corrected chi connectivity index (χ4v) is 14.6. The van der Waals surface area contributed by atoms with Crippen LogP contribution in [0.5, 0.6) is 0 Å². The van der Waals surface area contributed by atoms with E-state index in [-0.39, 0.29) is 0 Å². The summed E-state index contributed by atoms with van der Waals surface area (Å²) in [6.45, 7) is 0. The first-order valence-electron chi connectivity index (χ1n) is 19.6. The van der Waals surface area contributed by atoms with E-state index in [9.17, 15) is 0 Å². The summed E-state index contributed by atoms with van der Waals surface area (Å²) in [6, 6.07) is 72.3. The Labute approximate surface area is 350 Å². The third-order valence-electron chi connectivity index (χ3n) is 11.2. The minimum Gasteiger partial charge on any atom is -0.245 e. The largest absolute Gasteiger partial charge is 0.245 e. The summed E-state index contributed by atoms with van der Waals surface area (Å²) in [5.74, 6) is 0. The van der Waals surface area contributed by atoms with Crippen LogP contribution in [0.4, 0.5) is 0 Å². The number of hydrogen-bond acceptors (Lipinski definition) is 6. The van der Waals surface area contributed by atoms with Crippen molar-refractivity contribution >= 4 is 78.4 Å². The van der Waals surface area contributed by atoms with Gasteiger partial charge in [-0.1, -0.05) is 127 Å². The second-order valence-electron chi connectivity index (χ2n) is 14.7. The lowest BCUT2D eigenvalue weighted by Gasteiger charge is -2.28. The first-order valence-corrected chi connectivity index (χ1v) is 23.2. The average Bonchev–Trinajstić information content (AvgIpc) is 4.11. The highest BCUT2D eigenvalue weighted by molar-refractivity contribution is 7.95. The molecule has 0 unspecified atom stereocenters. The summed E-state index contributed by atoms with van der Waals surface area (Å²) < 4.78 is 5.69. The topological polar surface area (TPSA) is 51.8 Å². The summed E-state index contributed by atoms with van der Waals surface area (Å²) in [5.41, 5.74) is 6.48. The second kappa shape index (κ2) is 15.0. The molecule has 4 heterocycles. The monoisotopic (exact) mass is 812 g/mol. The molecule has 280 valence electrons. The lowest BCUT2D eigenvalue weighted by molar-refractivity contribution is 0.315. The number of pyridine rings is 1. The van der Waals surface area contributed by atoms with Gasteiger partial charge in [-0.25, -0.2) is 9.61 Å². The minimum absolute atomic E-state index is 0.666. The predicted octanol–water partition coefficient (Wildman–Crippen LogP) is 13.2. The standard InChI is InChI=1S/C52H35N3OPS2/c1-4-18-41(19-5-1)57(42-20-6-2-7-21-42,43-22-8-3-9-23-43)34-44-49(47-30-28-45(58-47)39-26-24-35-14-10-12-16-37(35)32-39)51-52(55-56-54-51)50(53-44)48-31-29-46(59-48)40-27-25-36-15-11-13-17-38(36)33-40/h1-33H,34H2/q+1. The quantitative estimate of drug-likeness (QED) is 0.136. The number of benzene rings is 7. The van der Waals surface area contributed by atoms with Gasteiger partial charge in [-0.3, -0.25) is 0 Å². The van der Waals surface area contributed by atoms with E-state index in [2.05, 4.69) is 205 Å². The van der Waals surface area contributed by atoms with E-state index in [1.165, 1.54) is 58.3 Å². The van der Waals surface area contributed by atoms with Crippen LogP contribution in [0.2, 0.25) is 0 Å². The molecule has 4 aromatic heterocycles. The molecule has 0 aliphatic carbocycles. The Morgan fingerprint density at radius 2 is 0.847 bits per heavy atom. The molecule has 0 amide bonds. The maximum atomic E-state index is 5.74. The number of rotatable bonds is 9. The fourth-order valence-electron chi connectivity index (χ4n) is 8.36. The second-order valence-corrected chi connectivity index (χ2v) is 20.3. The zero-order chi connectivity index (χ0) is 39.2. The van der Waals surface area contributed by atoms with E-state index in [0.717, 1.165) is 32.2 Å². The maximum absolute atomic E-state index is 5.74. The third-order valence-corrected chi connectivity index (χ3v) is 17.8. The van der Waals surface area contributed by atoms with Crippen molar-refractivity contribution < 1.29 is 4.63 Å². The molecule has 0 N–H and O–H groups in total. The summed E-state index contributed by atoms with van der Waals surface area (Å²) >= 11 is 3.49. The zero-order valence-corrected chi connectivity index (χ0v) is 34.3. The molecule has 59 heavy (non-hydrogen) atoms. The van der Waals surface area contributed by atoms with E-state index in [0.29, 0.717) is 11.7 Å². The maximum Gasteiger partial charge on any atom is 0.163 e. The van der Waals surface area contributed by atoms with E-state index < -0.39 is 7.26 Å². The summed E-state index contributed by atoms with van der Waals surface area (Å²) in [5, 5.41) is 18.1. The van der Waals surface area contributed by atoms with Gasteiger partial charge in [0.2, 0.25) is 0 Å². The molecule has 4 nitrogen and oxygen atoms in total. The van der Waals surface area contributed by atoms with Gasteiger partial charge in [0.05, 0.1) is 10.6 Å². The number of thiophene rings is 2. The van der Waals surface area contributed by atoms with Gasteiger partial charge < -0.3 is 0 Å². The van der Waals surface area contributed by atoms with Crippen LogP contribution in [0.3, 0.4) is 0 Å². The van der Waals surface area contributed by atoms with Gasteiger partial charge >= 0.3 is 0 Å². The molecule has 7 heteroatoms. The van der Waals surface area contributed by atoms with Crippen molar-refractivity contribution in [2.75, 3.05) is 0 Å². The van der Waals surface area contributed by atoms with Crippen LogP contribution < -0.4 is 15.9 Å². The van der Waals surface area contributed by atoms with Gasteiger partial charge in [0.1, 0.15) is 40.5 Å². The van der Waals surface area contributed by atoms with Crippen LogP contribution in [0.25, 0.3) is 74.5 Å². The van der Waals surface area contributed by atoms with E-state index in [4.69, 9.17) is 14.8 Å². The first-order chi connectivity index (χ1) is 29.2. The van der Waals surface area contributed by atoms with Crippen molar-refractivity contribution in [2.24, 2.45) is 0 Å². The fraction of sp³-hybridized carbons (Fsp3) is 0.0192.